The lowest BCUT2D eigenvalue weighted by atomic mass is 9.77. The SMILES string of the molecule is CC1(C)c2c(-c3ccc(-c4c5ccccc5c(-c5ccccc5-c5ccccc5)c5ccccc45)cc3)cccc2-c2ccc3ccccc3c21. The highest BCUT2D eigenvalue weighted by atomic mass is 14.4. The van der Waals surface area contributed by atoms with Crippen LogP contribution in [-0.4, -0.2) is 0 Å². The molecule has 0 radical (unpaired) electrons. The van der Waals surface area contributed by atoms with Crippen molar-refractivity contribution in [2.45, 2.75) is 19.3 Å². The van der Waals surface area contributed by atoms with E-state index in [2.05, 4.69) is 196 Å². The van der Waals surface area contributed by atoms with E-state index in [1.54, 1.807) is 0 Å². The Hall–Kier alpha value is -6.24. The van der Waals surface area contributed by atoms with Gasteiger partial charge in [0, 0.05) is 5.41 Å². The van der Waals surface area contributed by atoms with Crippen LogP contribution in [0.4, 0.5) is 0 Å². The number of hydrogen-bond donors (Lipinski definition) is 0. The van der Waals surface area contributed by atoms with Crippen LogP contribution in [-0.2, 0) is 5.41 Å². The lowest BCUT2D eigenvalue weighted by Crippen LogP contribution is -2.16. The van der Waals surface area contributed by atoms with Gasteiger partial charge in [0.25, 0.3) is 0 Å². The molecule has 0 fully saturated rings. The minimum absolute atomic E-state index is 0.126. The molecular formula is C51H36. The Kier molecular flexibility index (Phi) is 6.63. The highest BCUT2D eigenvalue weighted by molar-refractivity contribution is 6.22. The van der Waals surface area contributed by atoms with Gasteiger partial charge in [0.1, 0.15) is 0 Å². The van der Waals surface area contributed by atoms with Crippen molar-refractivity contribution < 1.29 is 0 Å². The molecule has 0 nitrogen and oxygen atoms in total. The van der Waals surface area contributed by atoms with Gasteiger partial charge in [-0.25, -0.2) is 0 Å². The summed E-state index contributed by atoms with van der Waals surface area (Å²) < 4.78 is 0. The molecular weight excluding hydrogens is 613 g/mol. The molecule has 0 saturated carbocycles. The molecule has 51 heavy (non-hydrogen) atoms. The Balaban J connectivity index is 1.15. The summed E-state index contributed by atoms with van der Waals surface area (Å²) in [6, 6.07) is 67.2. The average molecular weight is 649 g/mol. The zero-order valence-corrected chi connectivity index (χ0v) is 28.8. The van der Waals surface area contributed by atoms with Crippen LogP contribution in [0.1, 0.15) is 25.0 Å². The van der Waals surface area contributed by atoms with Crippen LogP contribution in [0.15, 0.2) is 182 Å². The third-order valence-electron chi connectivity index (χ3n) is 11.2. The van der Waals surface area contributed by atoms with Crippen molar-refractivity contribution >= 4 is 32.3 Å². The van der Waals surface area contributed by atoms with E-state index in [0.29, 0.717) is 0 Å². The normalized spacial score (nSPS) is 13.1. The Morgan fingerprint density at radius 1 is 0.275 bits per heavy atom. The molecule has 0 spiro atoms. The molecule has 0 aliphatic heterocycles. The molecule has 1 aliphatic rings. The standard InChI is InChI=1S/C51H36/c1-51(2)49-39(25-14-26-45(49)46-32-31-34-17-6-7-19-38(34)50(46)51)35-27-29-36(30-28-35)47-41-21-10-12-23-43(41)48(44-24-13-11-22-42(44)47)40-20-9-8-18-37(40)33-15-4-3-5-16-33/h3-32H,1-2H3. The maximum atomic E-state index is 2.40. The van der Waals surface area contributed by atoms with E-state index in [0.717, 1.165) is 0 Å². The summed E-state index contributed by atoms with van der Waals surface area (Å²) >= 11 is 0. The lowest BCUT2D eigenvalue weighted by Gasteiger charge is -2.26. The van der Waals surface area contributed by atoms with Crippen LogP contribution in [0.3, 0.4) is 0 Å². The topological polar surface area (TPSA) is 0 Å². The monoisotopic (exact) mass is 648 g/mol. The van der Waals surface area contributed by atoms with Gasteiger partial charge < -0.3 is 0 Å². The summed E-state index contributed by atoms with van der Waals surface area (Å²) in [6.07, 6.45) is 0. The minimum Gasteiger partial charge on any atom is -0.0622 e. The van der Waals surface area contributed by atoms with Crippen molar-refractivity contribution in [3.05, 3.63) is 193 Å². The van der Waals surface area contributed by atoms with Gasteiger partial charge in [0.05, 0.1) is 0 Å². The first-order chi connectivity index (χ1) is 25.1. The summed E-state index contributed by atoms with van der Waals surface area (Å²) in [5.74, 6) is 0. The molecule has 0 amide bonds. The molecule has 9 aromatic carbocycles. The van der Waals surface area contributed by atoms with Crippen molar-refractivity contribution in [3.8, 4) is 55.6 Å². The molecule has 0 N–H and O–H groups in total. The second-order valence-electron chi connectivity index (χ2n) is 14.4. The first kappa shape index (κ1) is 29.7. The third kappa shape index (κ3) is 4.46. The van der Waals surface area contributed by atoms with Crippen LogP contribution in [0.5, 0.6) is 0 Å². The Bertz CT molecular complexity index is 2740. The van der Waals surface area contributed by atoms with E-state index in [4.69, 9.17) is 0 Å². The minimum atomic E-state index is -0.126. The van der Waals surface area contributed by atoms with E-state index in [1.165, 1.54) is 99.1 Å². The van der Waals surface area contributed by atoms with Gasteiger partial charge in [-0.15, -0.1) is 0 Å². The quantitative estimate of drug-likeness (QED) is 0.167. The molecule has 240 valence electrons. The summed E-state index contributed by atoms with van der Waals surface area (Å²) in [5, 5.41) is 7.73. The number of rotatable bonds is 4. The second-order valence-corrected chi connectivity index (χ2v) is 14.4. The van der Waals surface area contributed by atoms with E-state index in [9.17, 15) is 0 Å². The van der Waals surface area contributed by atoms with Gasteiger partial charge in [-0.3, -0.25) is 0 Å². The predicted octanol–water partition coefficient (Wildman–Crippen LogP) is 14.1. The van der Waals surface area contributed by atoms with Crippen molar-refractivity contribution in [2.24, 2.45) is 0 Å². The van der Waals surface area contributed by atoms with Crippen LogP contribution < -0.4 is 0 Å². The van der Waals surface area contributed by atoms with E-state index in [-0.39, 0.29) is 5.41 Å². The molecule has 0 saturated heterocycles. The summed E-state index contributed by atoms with van der Waals surface area (Å²) in [5.41, 5.74) is 15.5. The molecule has 10 rings (SSSR count). The Morgan fingerprint density at radius 2 is 0.745 bits per heavy atom. The van der Waals surface area contributed by atoms with Gasteiger partial charge >= 0.3 is 0 Å². The Morgan fingerprint density at radius 3 is 1.43 bits per heavy atom. The van der Waals surface area contributed by atoms with Crippen molar-refractivity contribution in [1.82, 2.24) is 0 Å². The maximum absolute atomic E-state index is 2.40. The molecule has 0 atom stereocenters. The fourth-order valence-corrected chi connectivity index (χ4v) is 9.10. The Labute approximate surface area is 299 Å². The zero-order chi connectivity index (χ0) is 34.1. The van der Waals surface area contributed by atoms with Crippen LogP contribution in [0.2, 0.25) is 0 Å². The highest BCUT2D eigenvalue weighted by Gasteiger charge is 2.38. The number of hydrogen-bond acceptors (Lipinski definition) is 0. The summed E-state index contributed by atoms with van der Waals surface area (Å²) in [4.78, 5) is 0. The molecule has 0 heterocycles. The first-order valence-corrected chi connectivity index (χ1v) is 17.9. The fraction of sp³-hybridized carbons (Fsp3) is 0.0588. The van der Waals surface area contributed by atoms with E-state index in [1.807, 2.05) is 0 Å². The molecule has 0 heteroatoms. The fourth-order valence-electron chi connectivity index (χ4n) is 9.10. The molecule has 1 aliphatic carbocycles. The van der Waals surface area contributed by atoms with Gasteiger partial charge in [0.15, 0.2) is 0 Å². The predicted molar refractivity (Wildman–Crippen MR) is 218 cm³/mol. The smallest absolute Gasteiger partial charge is 0.0171 e. The lowest BCUT2D eigenvalue weighted by molar-refractivity contribution is 0.668. The summed E-state index contributed by atoms with van der Waals surface area (Å²) in [6.45, 7) is 4.80. The second kappa shape index (κ2) is 11.4. The van der Waals surface area contributed by atoms with Crippen molar-refractivity contribution in [1.29, 1.82) is 0 Å². The van der Waals surface area contributed by atoms with Crippen LogP contribution >= 0.6 is 0 Å². The zero-order valence-electron chi connectivity index (χ0n) is 28.8. The largest absolute Gasteiger partial charge is 0.0622 e. The highest BCUT2D eigenvalue weighted by Crippen LogP contribution is 2.54. The van der Waals surface area contributed by atoms with Crippen molar-refractivity contribution in [2.75, 3.05) is 0 Å². The van der Waals surface area contributed by atoms with Gasteiger partial charge in [-0.1, -0.05) is 196 Å². The van der Waals surface area contributed by atoms with Crippen LogP contribution in [0, 0.1) is 0 Å². The molecule has 0 bridgehead atoms. The maximum Gasteiger partial charge on any atom is 0.0171 e. The van der Waals surface area contributed by atoms with Gasteiger partial charge in [0.2, 0.25) is 0 Å². The third-order valence-corrected chi connectivity index (χ3v) is 11.2. The molecule has 9 aromatic rings. The van der Waals surface area contributed by atoms with Crippen molar-refractivity contribution in [3.63, 3.8) is 0 Å². The molecule has 0 unspecified atom stereocenters. The van der Waals surface area contributed by atoms with Crippen LogP contribution in [0.25, 0.3) is 88.0 Å². The van der Waals surface area contributed by atoms with Gasteiger partial charge in [-0.2, -0.15) is 0 Å². The number of benzene rings is 9. The average Bonchev–Trinajstić information content (AvgIpc) is 3.44. The summed E-state index contributed by atoms with van der Waals surface area (Å²) in [7, 11) is 0. The van der Waals surface area contributed by atoms with E-state index < -0.39 is 0 Å². The van der Waals surface area contributed by atoms with E-state index >= 15 is 0 Å². The first-order valence-electron chi connectivity index (χ1n) is 17.9. The van der Waals surface area contributed by atoms with Gasteiger partial charge in [-0.05, 0) is 99.1 Å². The molecule has 0 aromatic heterocycles. The number of fused-ring (bicyclic) bond motifs is 7.